The van der Waals surface area contributed by atoms with Gasteiger partial charge >= 0.3 is 5.97 Å². The lowest BCUT2D eigenvalue weighted by atomic mass is 9.98. The van der Waals surface area contributed by atoms with Crippen molar-refractivity contribution in [2.75, 3.05) is 7.11 Å². The topological polar surface area (TPSA) is 44.8 Å². The molecule has 0 aromatic heterocycles. The molecule has 0 atom stereocenters. The summed E-state index contributed by atoms with van der Waals surface area (Å²) in [6.07, 6.45) is 1.87. The number of halogens is 1. The molecule has 0 aliphatic rings. The molecule has 3 aromatic carbocycles. The van der Waals surface area contributed by atoms with E-state index >= 15 is 4.39 Å². The second kappa shape index (κ2) is 9.74. The molecule has 0 amide bonds. The molecule has 0 unspecified atom stereocenters. The number of allylic oxidation sites excluding steroid dienone is 1. The van der Waals surface area contributed by atoms with Crippen molar-refractivity contribution in [1.82, 2.24) is 0 Å². The monoisotopic (exact) mass is 406 g/mol. The lowest BCUT2D eigenvalue weighted by molar-refractivity contribution is 0.0727. The van der Waals surface area contributed by atoms with Crippen LogP contribution in [0.25, 0.3) is 0 Å². The standard InChI is InChI=1S/C25H23FO4/c1-4-11-20-23(29-16-18-12-7-5-8-13-18)21(17(2)22(26)24(20)28-3)25(27)30-19-14-9-6-10-15-19/h4-10,12-15H,1,11,16H2,2-3H3. The number of methoxy groups -OCH3 is 1. The summed E-state index contributed by atoms with van der Waals surface area (Å²) in [4.78, 5) is 13.0. The number of hydrogen-bond acceptors (Lipinski definition) is 4. The lowest BCUT2D eigenvalue weighted by Gasteiger charge is -2.20. The largest absolute Gasteiger partial charge is 0.493 e. The molecule has 0 N–H and O–H groups in total. The van der Waals surface area contributed by atoms with Gasteiger partial charge in [0.05, 0.1) is 7.11 Å². The first-order valence-electron chi connectivity index (χ1n) is 9.50. The second-order valence-corrected chi connectivity index (χ2v) is 6.62. The minimum atomic E-state index is -0.700. The highest BCUT2D eigenvalue weighted by atomic mass is 19.1. The van der Waals surface area contributed by atoms with E-state index in [9.17, 15) is 4.79 Å². The maximum Gasteiger partial charge on any atom is 0.347 e. The highest BCUT2D eigenvalue weighted by molar-refractivity contribution is 5.96. The lowest BCUT2D eigenvalue weighted by Crippen LogP contribution is -2.16. The van der Waals surface area contributed by atoms with Crippen LogP contribution in [-0.4, -0.2) is 13.1 Å². The quantitative estimate of drug-likeness (QED) is 0.275. The van der Waals surface area contributed by atoms with Crippen molar-refractivity contribution in [2.24, 2.45) is 0 Å². The van der Waals surface area contributed by atoms with Gasteiger partial charge in [0, 0.05) is 11.1 Å². The molecule has 0 aliphatic carbocycles. The molecule has 3 rings (SSSR count). The average Bonchev–Trinajstić information content (AvgIpc) is 2.76. The zero-order valence-corrected chi connectivity index (χ0v) is 17.0. The van der Waals surface area contributed by atoms with Gasteiger partial charge < -0.3 is 14.2 Å². The van der Waals surface area contributed by atoms with Crippen LogP contribution in [0, 0.1) is 12.7 Å². The van der Waals surface area contributed by atoms with Gasteiger partial charge in [-0.3, -0.25) is 0 Å². The van der Waals surface area contributed by atoms with Crippen LogP contribution < -0.4 is 14.2 Å². The van der Waals surface area contributed by atoms with E-state index in [1.165, 1.54) is 14.0 Å². The van der Waals surface area contributed by atoms with E-state index in [2.05, 4.69) is 6.58 Å². The van der Waals surface area contributed by atoms with Crippen molar-refractivity contribution in [2.45, 2.75) is 20.0 Å². The zero-order valence-electron chi connectivity index (χ0n) is 17.0. The Balaban J connectivity index is 2.10. The molecule has 30 heavy (non-hydrogen) atoms. The average molecular weight is 406 g/mol. The van der Waals surface area contributed by atoms with E-state index < -0.39 is 11.8 Å². The normalized spacial score (nSPS) is 10.4. The first-order chi connectivity index (χ1) is 14.6. The maximum absolute atomic E-state index is 15.1. The first kappa shape index (κ1) is 21.1. The smallest absolute Gasteiger partial charge is 0.347 e. The van der Waals surface area contributed by atoms with Crippen LogP contribution in [0.15, 0.2) is 73.3 Å². The van der Waals surface area contributed by atoms with Gasteiger partial charge in [0.15, 0.2) is 11.6 Å². The van der Waals surface area contributed by atoms with E-state index in [1.807, 2.05) is 36.4 Å². The molecule has 3 aromatic rings. The van der Waals surface area contributed by atoms with Crippen molar-refractivity contribution in [3.63, 3.8) is 0 Å². The van der Waals surface area contributed by atoms with Gasteiger partial charge in [-0.25, -0.2) is 9.18 Å². The van der Waals surface area contributed by atoms with Gasteiger partial charge in [-0.05, 0) is 31.0 Å². The number of esters is 1. The molecule has 154 valence electrons. The van der Waals surface area contributed by atoms with E-state index in [0.29, 0.717) is 11.3 Å². The fraction of sp³-hybridized carbons (Fsp3) is 0.160. The SMILES string of the molecule is C=CCc1c(OC)c(F)c(C)c(C(=O)Oc2ccccc2)c1OCc1ccccc1. The summed E-state index contributed by atoms with van der Waals surface area (Å²) in [5.41, 5.74) is 1.45. The Morgan fingerprint density at radius 2 is 1.67 bits per heavy atom. The number of rotatable bonds is 8. The Hall–Kier alpha value is -3.60. The fourth-order valence-electron chi connectivity index (χ4n) is 3.16. The molecule has 0 saturated heterocycles. The number of carbonyl (C=O) groups is 1. The Morgan fingerprint density at radius 3 is 2.27 bits per heavy atom. The molecule has 0 radical (unpaired) electrons. The second-order valence-electron chi connectivity index (χ2n) is 6.62. The van der Waals surface area contributed by atoms with E-state index in [-0.39, 0.29) is 35.7 Å². The summed E-state index contributed by atoms with van der Waals surface area (Å²) in [7, 11) is 1.38. The van der Waals surface area contributed by atoms with E-state index in [0.717, 1.165) is 5.56 Å². The highest BCUT2D eigenvalue weighted by Crippen LogP contribution is 2.39. The number of para-hydroxylation sites is 1. The minimum absolute atomic E-state index is 0.0323. The van der Waals surface area contributed by atoms with Crippen molar-refractivity contribution in [3.8, 4) is 17.2 Å². The van der Waals surface area contributed by atoms with Gasteiger partial charge in [-0.15, -0.1) is 6.58 Å². The third-order valence-corrected chi connectivity index (χ3v) is 4.62. The first-order valence-corrected chi connectivity index (χ1v) is 9.50. The number of carbonyl (C=O) groups excluding carboxylic acids is 1. The van der Waals surface area contributed by atoms with Gasteiger partial charge in [-0.2, -0.15) is 0 Å². The van der Waals surface area contributed by atoms with Gasteiger partial charge in [0.25, 0.3) is 0 Å². The van der Waals surface area contributed by atoms with Crippen LogP contribution in [0.5, 0.6) is 17.2 Å². The van der Waals surface area contributed by atoms with Crippen molar-refractivity contribution in [1.29, 1.82) is 0 Å². The van der Waals surface area contributed by atoms with Crippen molar-refractivity contribution < 1.29 is 23.4 Å². The molecule has 0 saturated carbocycles. The van der Waals surface area contributed by atoms with Gasteiger partial charge in [-0.1, -0.05) is 54.6 Å². The molecule has 0 fully saturated rings. The Kier molecular flexibility index (Phi) is 6.86. The Bertz CT molecular complexity index is 1030. The summed E-state index contributed by atoms with van der Waals surface area (Å²) in [5.74, 6) is -0.699. The fourth-order valence-corrected chi connectivity index (χ4v) is 3.16. The number of hydrogen-bond donors (Lipinski definition) is 0. The van der Waals surface area contributed by atoms with Crippen LogP contribution in [0.3, 0.4) is 0 Å². The molecule has 0 heterocycles. The third-order valence-electron chi connectivity index (χ3n) is 4.62. The predicted octanol–water partition coefficient (Wildman–Crippen LogP) is 5.67. The third kappa shape index (κ3) is 4.51. The molecule has 0 bridgehead atoms. The van der Waals surface area contributed by atoms with Crippen LogP contribution in [-0.2, 0) is 13.0 Å². The number of ether oxygens (including phenoxy) is 3. The predicted molar refractivity (Wildman–Crippen MR) is 114 cm³/mol. The molecular formula is C25H23FO4. The highest BCUT2D eigenvalue weighted by Gasteiger charge is 2.29. The molecule has 0 spiro atoms. The Labute approximate surface area is 175 Å². The molecular weight excluding hydrogens is 383 g/mol. The summed E-state index contributed by atoms with van der Waals surface area (Å²) < 4.78 is 31.9. The minimum Gasteiger partial charge on any atom is -0.493 e. The summed E-state index contributed by atoms with van der Waals surface area (Å²) in [6.45, 7) is 5.44. The van der Waals surface area contributed by atoms with E-state index in [4.69, 9.17) is 14.2 Å². The maximum atomic E-state index is 15.1. The van der Waals surface area contributed by atoms with Crippen LogP contribution in [0.2, 0.25) is 0 Å². The molecule has 5 heteroatoms. The molecule has 4 nitrogen and oxygen atoms in total. The number of benzene rings is 3. The summed E-state index contributed by atoms with van der Waals surface area (Å²) in [6, 6.07) is 18.1. The Morgan fingerprint density at radius 1 is 1.03 bits per heavy atom. The van der Waals surface area contributed by atoms with Crippen molar-refractivity contribution in [3.05, 3.63) is 101 Å². The van der Waals surface area contributed by atoms with Crippen molar-refractivity contribution >= 4 is 5.97 Å². The van der Waals surface area contributed by atoms with Crippen LogP contribution in [0.4, 0.5) is 4.39 Å². The summed E-state index contributed by atoms with van der Waals surface area (Å²) >= 11 is 0. The molecule has 0 aliphatic heterocycles. The van der Waals surface area contributed by atoms with Crippen LogP contribution in [0.1, 0.15) is 27.0 Å². The zero-order chi connectivity index (χ0) is 21.5. The van der Waals surface area contributed by atoms with Gasteiger partial charge in [0.1, 0.15) is 23.7 Å². The van der Waals surface area contributed by atoms with Crippen LogP contribution >= 0.6 is 0 Å². The summed E-state index contributed by atoms with van der Waals surface area (Å²) in [5, 5.41) is 0. The van der Waals surface area contributed by atoms with E-state index in [1.54, 1.807) is 30.3 Å². The van der Waals surface area contributed by atoms with Gasteiger partial charge in [0.2, 0.25) is 0 Å².